The average molecular weight is 297 g/mol. The molecule has 0 spiro atoms. The van der Waals surface area contributed by atoms with E-state index in [4.69, 9.17) is 0 Å². The van der Waals surface area contributed by atoms with Crippen molar-refractivity contribution in [1.82, 2.24) is 5.32 Å². The quantitative estimate of drug-likeness (QED) is 0.828. The van der Waals surface area contributed by atoms with Crippen LogP contribution in [-0.2, 0) is 10.2 Å². The Labute approximate surface area is 134 Å². The second kappa shape index (κ2) is 5.91. The van der Waals surface area contributed by atoms with Gasteiger partial charge in [-0.3, -0.25) is 4.79 Å². The van der Waals surface area contributed by atoms with Crippen molar-refractivity contribution in [3.63, 3.8) is 0 Å². The Hall–Kier alpha value is -1.57. The molecule has 3 rings (SSSR count). The Morgan fingerprint density at radius 3 is 2.41 bits per heavy atom. The van der Waals surface area contributed by atoms with Crippen LogP contribution < -0.4 is 5.32 Å². The Bertz CT molecular complexity index is 564. The summed E-state index contributed by atoms with van der Waals surface area (Å²) in [7, 11) is 0. The lowest BCUT2D eigenvalue weighted by molar-refractivity contribution is -0.117. The average Bonchev–Trinajstić information content (AvgIpc) is 3.07. The summed E-state index contributed by atoms with van der Waals surface area (Å²) in [6.45, 7) is 6.63. The molecule has 0 unspecified atom stereocenters. The second-order valence-electron chi connectivity index (χ2n) is 8.00. The van der Waals surface area contributed by atoms with E-state index in [1.165, 1.54) is 31.2 Å². The van der Waals surface area contributed by atoms with E-state index in [0.29, 0.717) is 6.04 Å². The van der Waals surface area contributed by atoms with Gasteiger partial charge in [0.05, 0.1) is 0 Å². The molecule has 118 valence electrons. The predicted molar refractivity (Wildman–Crippen MR) is 91.6 cm³/mol. The van der Waals surface area contributed by atoms with Gasteiger partial charge in [0.25, 0.3) is 0 Å². The molecule has 2 nitrogen and oxygen atoms in total. The van der Waals surface area contributed by atoms with Crippen molar-refractivity contribution in [2.75, 3.05) is 0 Å². The van der Waals surface area contributed by atoms with Gasteiger partial charge in [0, 0.05) is 12.1 Å². The van der Waals surface area contributed by atoms with Gasteiger partial charge in [0.15, 0.2) is 0 Å². The zero-order valence-electron chi connectivity index (χ0n) is 13.9. The lowest BCUT2D eigenvalue weighted by Crippen LogP contribution is -2.37. The van der Waals surface area contributed by atoms with Crippen LogP contribution in [0.3, 0.4) is 0 Å². The summed E-state index contributed by atoms with van der Waals surface area (Å²) >= 11 is 0. The van der Waals surface area contributed by atoms with Crippen LogP contribution in [0.2, 0.25) is 0 Å². The van der Waals surface area contributed by atoms with Crippen LogP contribution in [0.1, 0.15) is 57.6 Å². The molecule has 3 atom stereocenters. The van der Waals surface area contributed by atoms with Crippen molar-refractivity contribution in [1.29, 1.82) is 0 Å². The minimum Gasteiger partial charge on any atom is -0.350 e. The fourth-order valence-corrected chi connectivity index (χ4v) is 3.92. The number of amides is 1. The number of hydrogen-bond acceptors (Lipinski definition) is 1. The minimum absolute atomic E-state index is 0.0532. The van der Waals surface area contributed by atoms with Gasteiger partial charge in [-0.05, 0) is 53.7 Å². The summed E-state index contributed by atoms with van der Waals surface area (Å²) in [6, 6.07) is 8.88. The molecule has 0 aromatic heterocycles. The largest absolute Gasteiger partial charge is 0.350 e. The molecule has 0 heterocycles. The van der Waals surface area contributed by atoms with Crippen LogP contribution in [0.15, 0.2) is 30.3 Å². The maximum absolute atomic E-state index is 12.1. The standard InChI is InChI=1S/C20H27NO/c1-20(2,3)17-9-5-14(6-10-17)7-11-19(22)21-18-13-15-4-8-16(18)12-15/h5-7,9-11,15-16,18H,4,8,12-13H2,1-3H3,(H,21,22)/b11-7+/t15-,16-,18-/m0/s1. The van der Waals surface area contributed by atoms with Crippen molar-refractivity contribution in [3.8, 4) is 0 Å². The van der Waals surface area contributed by atoms with Gasteiger partial charge < -0.3 is 5.32 Å². The monoisotopic (exact) mass is 297 g/mol. The first kappa shape index (κ1) is 15.3. The first-order valence-corrected chi connectivity index (χ1v) is 8.51. The molecule has 2 heteroatoms. The van der Waals surface area contributed by atoms with Gasteiger partial charge in [-0.25, -0.2) is 0 Å². The van der Waals surface area contributed by atoms with Crippen molar-refractivity contribution < 1.29 is 4.79 Å². The molecule has 1 aromatic rings. The molecular weight excluding hydrogens is 270 g/mol. The number of fused-ring (bicyclic) bond motifs is 2. The Morgan fingerprint density at radius 1 is 1.14 bits per heavy atom. The summed E-state index contributed by atoms with van der Waals surface area (Å²) in [5, 5.41) is 3.19. The van der Waals surface area contributed by atoms with Crippen LogP contribution >= 0.6 is 0 Å². The Balaban J connectivity index is 1.56. The zero-order chi connectivity index (χ0) is 15.7. The maximum atomic E-state index is 12.1. The van der Waals surface area contributed by atoms with Gasteiger partial charge >= 0.3 is 0 Å². The molecule has 1 amide bonds. The van der Waals surface area contributed by atoms with E-state index >= 15 is 0 Å². The van der Waals surface area contributed by atoms with E-state index < -0.39 is 0 Å². The topological polar surface area (TPSA) is 29.1 Å². The highest BCUT2D eigenvalue weighted by Crippen LogP contribution is 2.44. The van der Waals surface area contributed by atoms with Crippen LogP contribution in [0.5, 0.6) is 0 Å². The molecule has 2 bridgehead atoms. The third-order valence-electron chi connectivity index (χ3n) is 5.27. The van der Waals surface area contributed by atoms with Gasteiger partial charge in [-0.15, -0.1) is 0 Å². The number of nitrogens with one attached hydrogen (secondary N) is 1. The predicted octanol–water partition coefficient (Wildman–Crippen LogP) is 4.30. The molecule has 2 saturated carbocycles. The van der Waals surface area contributed by atoms with E-state index in [0.717, 1.165) is 17.4 Å². The van der Waals surface area contributed by atoms with E-state index in [-0.39, 0.29) is 11.3 Å². The first-order valence-electron chi connectivity index (χ1n) is 8.51. The minimum atomic E-state index is 0.0532. The number of rotatable bonds is 3. The summed E-state index contributed by atoms with van der Waals surface area (Å²) < 4.78 is 0. The highest BCUT2D eigenvalue weighted by atomic mass is 16.1. The van der Waals surface area contributed by atoms with Crippen molar-refractivity contribution in [3.05, 3.63) is 41.5 Å². The Kier molecular flexibility index (Phi) is 4.12. The van der Waals surface area contributed by atoms with Gasteiger partial charge in [-0.1, -0.05) is 51.5 Å². The number of carbonyl (C=O) groups excluding carboxylic acids is 1. The molecule has 0 radical (unpaired) electrons. The third kappa shape index (κ3) is 3.43. The van der Waals surface area contributed by atoms with Crippen LogP contribution in [0.25, 0.3) is 6.08 Å². The molecule has 0 aliphatic heterocycles. The Morgan fingerprint density at radius 2 is 1.86 bits per heavy atom. The second-order valence-corrected chi connectivity index (χ2v) is 8.00. The number of benzene rings is 1. The molecular formula is C20H27NO. The van der Waals surface area contributed by atoms with Crippen molar-refractivity contribution >= 4 is 12.0 Å². The van der Waals surface area contributed by atoms with E-state index in [1.807, 2.05) is 6.08 Å². The van der Waals surface area contributed by atoms with Crippen LogP contribution in [-0.4, -0.2) is 11.9 Å². The summed E-state index contributed by atoms with van der Waals surface area (Å²) in [5.41, 5.74) is 2.56. The van der Waals surface area contributed by atoms with Crippen molar-refractivity contribution in [2.45, 2.75) is 57.9 Å². The fourth-order valence-electron chi connectivity index (χ4n) is 3.92. The van der Waals surface area contributed by atoms with Gasteiger partial charge in [0.2, 0.25) is 5.91 Å². The summed E-state index contributed by atoms with van der Waals surface area (Å²) in [5.74, 6) is 1.65. The van der Waals surface area contributed by atoms with E-state index in [1.54, 1.807) is 6.08 Å². The summed E-state index contributed by atoms with van der Waals surface area (Å²) in [6.07, 6.45) is 8.76. The lowest BCUT2D eigenvalue weighted by atomic mass is 9.87. The lowest BCUT2D eigenvalue weighted by Gasteiger charge is -2.22. The highest BCUT2D eigenvalue weighted by Gasteiger charge is 2.39. The number of carbonyl (C=O) groups is 1. The maximum Gasteiger partial charge on any atom is 0.244 e. The normalized spacial score (nSPS) is 27.5. The molecule has 1 aromatic carbocycles. The fraction of sp³-hybridized carbons (Fsp3) is 0.550. The highest BCUT2D eigenvalue weighted by molar-refractivity contribution is 5.91. The summed E-state index contributed by atoms with van der Waals surface area (Å²) in [4.78, 5) is 12.1. The SMILES string of the molecule is CC(C)(C)c1ccc(/C=C/C(=O)N[C@H]2C[C@H]3CC[C@H]2C3)cc1. The molecule has 22 heavy (non-hydrogen) atoms. The molecule has 2 fully saturated rings. The van der Waals surface area contributed by atoms with Crippen LogP contribution in [0.4, 0.5) is 0 Å². The van der Waals surface area contributed by atoms with Crippen molar-refractivity contribution in [2.24, 2.45) is 11.8 Å². The molecule has 2 aliphatic carbocycles. The van der Waals surface area contributed by atoms with E-state index in [2.05, 4.69) is 50.4 Å². The third-order valence-corrected chi connectivity index (χ3v) is 5.27. The molecule has 2 aliphatic rings. The number of hydrogen-bond donors (Lipinski definition) is 1. The molecule has 0 saturated heterocycles. The zero-order valence-corrected chi connectivity index (χ0v) is 13.9. The molecule has 1 N–H and O–H groups in total. The van der Waals surface area contributed by atoms with Crippen LogP contribution in [0, 0.1) is 11.8 Å². The first-order chi connectivity index (χ1) is 10.4. The van der Waals surface area contributed by atoms with E-state index in [9.17, 15) is 4.79 Å². The smallest absolute Gasteiger partial charge is 0.244 e. The van der Waals surface area contributed by atoms with Gasteiger partial charge in [-0.2, -0.15) is 0 Å². The van der Waals surface area contributed by atoms with Gasteiger partial charge in [0.1, 0.15) is 0 Å².